The van der Waals surface area contributed by atoms with E-state index in [-0.39, 0.29) is 0 Å². The Morgan fingerprint density at radius 3 is 1.29 bits per heavy atom. The summed E-state index contributed by atoms with van der Waals surface area (Å²) >= 11 is 0. The molecule has 0 radical (unpaired) electrons. The van der Waals surface area contributed by atoms with Gasteiger partial charge in [0, 0.05) is 33.4 Å². The van der Waals surface area contributed by atoms with E-state index in [2.05, 4.69) is 266 Å². The van der Waals surface area contributed by atoms with Gasteiger partial charge in [0.25, 0.3) is 0 Å². The summed E-state index contributed by atoms with van der Waals surface area (Å²) in [6.07, 6.45) is 0. The molecule has 0 atom stereocenters. The first-order chi connectivity index (χ1) is 34.2. The Bertz CT molecular complexity index is 3890. The zero-order valence-electron chi connectivity index (χ0n) is 37.7. The minimum absolute atomic E-state index is 0.400. The fourth-order valence-electron chi connectivity index (χ4n) is 11.7. The molecule has 1 spiro atoms. The van der Waals surface area contributed by atoms with E-state index in [1.807, 2.05) is 0 Å². The standard InChI is InChI=1S/C67H43NO/c1-3-16-45(17-4-1)52-20-7-8-21-53(52)47-32-37-50(38-33-47)68(49-35-30-44(31-36-49)48-34-41-65-60(42-48)58-26-15-25-54(66(58)69-65)46-18-5-2-6-19-46)51-39-40-64-59(43-51)57-24-11-14-29-63(57)67(64)61-27-12-9-22-55(61)56-23-10-13-28-62(56)67/h1-43H. The normalized spacial score (nSPS) is 12.8. The molecule has 0 N–H and O–H groups in total. The number of rotatable bonds is 7. The van der Waals surface area contributed by atoms with Crippen molar-refractivity contribution in [1.29, 1.82) is 0 Å². The second kappa shape index (κ2) is 15.6. The van der Waals surface area contributed by atoms with Crippen LogP contribution in [0.2, 0.25) is 0 Å². The largest absolute Gasteiger partial charge is 0.455 e. The van der Waals surface area contributed by atoms with Crippen molar-refractivity contribution in [3.8, 4) is 66.8 Å². The molecule has 0 aliphatic heterocycles. The SMILES string of the molecule is c1ccc(-c2ccccc2-c2ccc(N(c3ccc(-c4ccc5oc6c(-c7ccccc7)cccc6c5c4)cc3)c3ccc4c(c3)-c3ccccc3C43c4ccccc4-c4ccccc43)cc2)cc1. The van der Waals surface area contributed by atoms with Crippen molar-refractivity contribution >= 4 is 39.0 Å². The predicted octanol–water partition coefficient (Wildman–Crippen LogP) is 18.1. The molecule has 12 aromatic rings. The molecular formula is C67H43NO. The summed E-state index contributed by atoms with van der Waals surface area (Å²) in [5.74, 6) is 0. The van der Waals surface area contributed by atoms with Crippen LogP contribution in [0.1, 0.15) is 22.3 Å². The van der Waals surface area contributed by atoms with Gasteiger partial charge in [0.15, 0.2) is 0 Å². The van der Waals surface area contributed by atoms with Crippen LogP contribution >= 0.6 is 0 Å². The number of furan rings is 1. The Labute approximate surface area is 401 Å². The van der Waals surface area contributed by atoms with Gasteiger partial charge in [-0.05, 0) is 132 Å². The summed E-state index contributed by atoms with van der Waals surface area (Å²) in [7, 11) is 0. The lowest BCUT2D eigenvalue weighted by Crippen LogP contribution is -2.25. The molecule has 14 rings (SSSR count). The Kier molecular flexibility index (Phi) is 8.84. The van der Waals surface area contributed by atoms with E-state index in [1.165, 1.54) is 66.8 Å². The van der Waals surface area contributed by atoms with Crippen molar-refractivity contribution in [2.45, 2.75) is 5.41 Å². The average molecular weight is 878 g/mol. The van der Waals surface area contributed by atoms with Gasteiger partial charge in [-0.15, -0.1) is 0 Å². The summed E-state index contributed by atoms with van der Waals surface area (Å²) in [4.78, 5) is 2.42. The summed E-state index contributed by atoms with van der Waals surface area (Å²) in [6, 6.07) is 95.3. The number of para-hydroxylation sites is 1. The van der Waals surface area contributed by atoms with Crippen LogP contribution in [-0.4, -0.2) is 0 Å². The molecule has 0 saturated heterocycles. The Balaban J connectivity index is 0.903. The molecular weight excluding hydrogens is 835 g/mol. The predicted molar refractivity (Wildman–Crippen MR) is 286 cm³/mol. The van der Waals surface area contributed by atoms with Gasteiger partial charge in [-0.2, -0.15) is 0 Å². The van der Waals surface area contributed by atoms with E-state index in [1.54, 1.807) is 0 Å². The first-order valence-electron chi connectivity index (χ1n) is 23.8. The molecule has 2 aliphatic carbocycles. The van der Waals surface area contributed by atoms with E-state index in [0.29, 0.717) is 0 Å². The molecule has 2 aliphatic rings. The fourth-order valence-corrected chi connectivity index (χ4v) is 11.7. The summed E-state index contributed by atoms with van der Waals surface area (Å²) in [6.45, 7) is 0. The lowest BCUT2D eigenvalue weighted by Gasteiger charge is -2.31. The van der Waals surface area contributed by atoms with E-state index < -0.39 is 5.41 Å². The van der Waals surface area contributed by atoms with Gasteiger partial charge in [-0.3, -0.25) is 0 Å². The van der Waals surface area contributed by atoms with E-state index in [9.17, 15) is 0 Å². The third-order valence-corrected chi connectivity index (χ3v) is 14.7. The van der Waals surface area contributed by atoms with Crippen molar-refractivity contribution in [3.05, 3.63) is 283 Å². The van der Waals surface area contributed by atoms with Gasteiger partial charge in [0.2, 0.25) is 0 Å². The van der Waals surface area contributed by atoms with Crippen LogP contribution in [0, 0.1) is 0 Å². The molecule has 322 valence electrons. The van der Waals surface area contributed by atoms with Crippen LogP contribution in [0.4, 0.5) is 17.1 Å². The molecule has 1 heterocycles. The number of anilines is 3. The second-order valence-electron chi connectivity index (χ2n) is 18.3. The molecule has 2 heteroatoms. The maximum Gasteiger partial charge on any atom is 0.143 e. The summed E-state index contributed by atoms with van der Waals surface area (Å²) < 4.78 is 6.56. The number of fused-ring (bicyclic) bond motifs is 13. The van der Waals surface area contributed by atoms with Gasteiger partial charge in [0.05, 0.1) is 5.41 Å². The topological polar surface area (TPSA) is 16.4 Å². The molecule has 69 heavy (non-hydrogen) atoms. The van der Waals surface area contributed by atoms with E-state index >= 15 is 0 Å². The average Bonchev–Trinajstić information content (AvgIpc) is 4.06. The van der Waals surface area contributed by atoms with Crippen LogP contribution in [0.15, 0.2) is 265 Å². The first-order valence-corrected chi connectivity index (χ1v) is 23.8. The second-order valence-corrected chi connectivity index (χ2v) is 18.3. The van der Waals surface area contributed by atoms with Crippen LogP contribution in [0.5, 0.6) is 0 Å². The smallest absolute Gasteiger partial charge is 0.143 e. The third kappa shape index (κ3) is 5.99. The van der Waals surface area contributed by atoms with E-state index in [4.69, 9.17) is 4.42 Å². The minimum atomic E-state index is -0.400. The Morgan fingerprint density at radius 1 is 0.261 bits per heavy atom. The summed E-state index contributed by atoms with van der Waals surface area (Å²) in [5.41, 5.74) is 24.6. The highest BCUT2D eigenvalue weighted by molar-refractivity contribution is 6.10. The highest BCUT2D eigenvalue weighted by Crippen LogP contribution is 2.63. The summed E-state index contributed by atoms with van der Waals surface area (Å²) in [5, 5.41) is 2.24. The van der Waals surface area contributed by atoms with Crippen molar-refractivity contribution in [2.24, 2.45) is 0 Å². The highest BCUT2D eigenvalue weighted by atomic mass is 16.3. The molecule has 11 aromatic carbocycles. The number of benzene rings is 11. The molecule has 0 saturated carbocycles. The van der Waals surface area contributed by atoms with Crippen LogP contribution in [-0.2, 0) is 5.41 Å². The van der Waals surface area contributed by atoms with Gasteiger partial charge in [0.1, 0.15) is 11.2 Å². The van der Waals surface area contributed by atoms with Crippen molar-refractivity contribution in [3.63, 3.8) is 0 Å². The van der Waals surface area contributed by atoms with Crippen LogP contribution in [0.25, 0.3) is 88.7 Å². The molecule has 0 fully saturated rings. The van der Waals surface area contributed by atoms with E-state index in [0.717, 1.165) is 61.3 Å². The fraction of sp³-hybridized carbons (Fsp3) is 0.0149. The number of nitrogens with zero attached hydrogens (tertiary/aromatic N) is 1. The quantitative estimate of drug-likeness (QED) is 0.159. The molecule has 2 nitrogen and oxygen atoms in total. The first kappa shape index (κ1) is 39.2. The molecule has 0 bridgehead atoms. The van der Waals surface area contributed by atoms with Gasteiger partial charge < -0.3 is 9.32 Å². The maximum absolute atomic E-state index is 6.56. The number of hydrogen-bond donors (Lipinski definition) is 0. The zero-order valence-corrected chi connectivity index (χ0v) is 37.7. The van der Waals surface area contributed by atoms with Crippen molar-refractivity contribution < 1.29 is 4.42 Å². The monoisotopic (exact) mass is 877 g/mol. The minimum Gasteiger partial charge on any atom is -0.455 e. The maximum atomic E-state index is 6.56. The Morgan fingerprint density at radius 2 is 0.696 bits per heavy atom. The van der Waals surface area contributed by atoms with Gasteiger partial charge >= 0.3 is 0 Å². The van der Waals surface area contributed by atoms with Crippen LogP contribution in [0.3, 0.4) is 0 Å². The zero-order chi connectivity index (χ0) is 45.5. The van der Waals surface area contributed by atoms with Crippen molar-refractivity contribution in [1.82, 2.24) is 0 Å². The highest BCUT2D eigenvalue weighted by Gasteiger charge is 2.51. The Hall–Kier alpha value is -8.98. The molecule has 0 unspecified atom stereocenters. The molecule has 1 aromatic heterocycles. The lowest BCUT2D eigenvalue weighted by molar-refractivity contribution is 0.670. The third-order valence-electron chi connectivity index (χ3n) is 14.7. The molecule has 0 amide bonds. The van der Waals surface area contributed by atoms with Gasteiger partial charge in [-0.1, -0.05) is 212 Å². The lowest BCUT2D eigenvalue weighted by atomic mass is 9.70. The number of hydrogen-bond acceptors (Lipinski definition) is 2. The van der Waals surface area contributed by atoms with Crippen LogP contribution < -0.4 is 4.90 Å². The van der Waals surface area contributed by atoms with Gasteiger partial charge in [-0.25, -0.2) is 0 Å². The van der Waals surface area contributed by atoms with Crippen molar-refractivity contribution in [2.75, 3.05) is 4.90 Å².